The van der Waals surface area contributed by atoms with Crippen molar-refractivity contribution < 1.29 is 27.4 Å². The molecule has 1 N–H and O–H groups in total. The Hall–Kier alpha value is -1.36. The molecule has 1 atom stereocenters. The summed E-state index contributed by atoms with van der Waals surface area (Å²) in [5.74, 6) is 2.85. The van der Waals surface area contributed by atoms with Crippen LogP contribution >= 0.6 is 23.5 Å². The summed E-state index contributed by atoms with van der Waals surface area (Å²) in [6.45, 7) is 0.341. The maximum Gasteiger partial charge on any atom is 0.330 e. The fourth-order valence-electron chi connectivity index (χ4n) is 2.41. The summed E-state index contributed by atoms with van der Waals surface area (Å²) in [5, 5.41) is 0.230. The molecule has 7 nitrogen and oxygen atoms in total. The van der Waals surface area contributed by atoms with Crippen LogP contribution in [0.25, 0.3) is 6.08 Å². The molecule has 0 saturated carbocycles. The van der Waals surface area contributed by atoms with Crippen molar-refractivity contribution >= 4 is 45.6 Å². The van der Waals surface area contributed by atoms with Crippen molar-refractivity contribution in [3.8, 4) is 11.5 Å². The molecule has 0 aliphatic carbocycles. The van der Waals surface area contributed by atoms with Crippen LogP contribution in [-0.4, -0.2) is 64.8 Å². The highest BCUT2D eigenvalue weighted by Crippen LogP contribution is 2.36. The number of carbonyl (C=O) groups excluding carboxylic acids is 1. The highest BCUT2D eigenvalue weighted by molar-refractivity contribution is 8.06. The van der Waals surface area contributed by atoms with E-state index in [9.17, 15) is 13.2 Å². The lowest BCUT2D eigenvalue weighted by atomic mass is 10.2. The highest BCUT2D eigenvalue weighted by Gasteiger charge is 2.25. The number of hydrogen-bond donors (Lipinski definition) is 1. The van der Waals surface area contributed by atoms with E-state index in [4.69, 9.17) is 9.47 Å². The van der Waals surface area contributed by atoms with Crippen LogP contribution in [0.2, 0.25) is 0 Å². The van der Waals surface area contributed by atoms with Crippen LogP contribution in [0.4, 0.5) is 0 Å². The fourth-order valence-corrected chi connectivity index (χ4v) is 6.43. The molecule has 1 aromatic rings. The molecule has 150 valence electrons. The second-order valence-corrected chi connectivity index (χ2v) is 9.82. The average Bonchev–Trinajstić information content (AvgIpc) is 2.70. The first-order valence-electron chi connectivity index (χ1n) is 8.12. The van der Waals surface area contributed by atoms with Crippen molar-refractivity contribution in [2.45, 2.75) is 10.1 Å². The van der Waals surface area contributed by atoms with Crippen molar-refractivity contribution in [1.82, 2.24) is 4.72 Å². The quantitative estimate of drug-likeness (QED) is 0.492. The summed E-state index contributed by atoms with van der Waals surface area (Å²) in [7, 11) is 0.243. The van der Waals surface area contributed by atoms with Crippen molar-refractivity contribution in [1.29, 1.82) is 0 Å². The number of sulfonamides is 1. The van der Waals surface area contributed by atoms with E-state index >= 15 is 0 Å². The van der Waals surface area contributed by atoms with Gasteiger partial charge in [0.15, 0.2) is 11.5 Å². The Balaban J connectivity index is 2.33. The molecule has 1 saturated heterocycles. The molecule has 0 amide bonds. The van der Waals surface area contributed by atoms with Gasteiger partial charge in [0.25, 0.3) is 0 Å². The lowest BCUT2D eigenvalue weighted by Crippen LogP contribution is -2.33. The van der Waals surface area contributed by atoms with Gasteiger partial charge in [-0.1, -0.05) is 0 Å². The molecule has 27 heavy (non-hydrogen) atoms. The smallest absolute Gasteiger partial charge is 0.330 e. The summed E-state index contributed by atoms with van der Waals surface area (Å²) in [6.07, 6.45) is 2.67. The minimum Gasteiger partial charge on any atom is -0.493 e. The highest BCUT2D eigenvalue weighted by atomic mass is 32.2. The van der Waals surface area contributed by atoms with E-state index in [-0.39, 0.29) is 21.6 Å². The van der Waals surface area contributed by atoms with Gasteiger partial charge in [0, 0.05) is 35.1 Å². The second-order valence-electron chi connectivity index (χ2n) is 5.53. The van der Waals surface area contributed by atoms with E-state index in [1.54, 1.807) is 17.8 Å². The van der Waals surface area contributed by atoms with Crippen molar-refractivity contribution in [3.63, 3.8) is 0 Å². The first-order valence-corrected chi connectivity index (χ1v) is 11.8. The number of benzene rings is 1. The fraction of sp³-hybridized carbons (Fsp3) is 0.471. The number of hydrogen-bond acceptors (Lipinski definition) is 8. The van der Waals surface area contributed by atoms with Crippen LogP contribution in [0.3, 0.4) is 0 Å². The van der Waals surface area contributed by atoms with E-state index in [2.05, 4.69) is 9.46 Å². The zero-order valence-corrected chi connectivity index (χ0v) is 17.8. The van der Waals surface area contributed by atoms with E-state index in [0.717, 1.165) is 17.3 Å². The van der Waals surface area contributed by atoms with Crippen LogP contribution in [0.1, 0.15) is 5.56 Å². The van der Waals surface area contributed by atoms with Gasteiger partial charge in [-0.2, -0.15) is 23.5 Å². The third kappa shape index (κ3) is 6.06. The van der Waals surface area contributed by atoms with Gasteiger partial charge >= 0.3 is 5.97 Å². The SMILES string of the molecule is COC(=O)/C=C/c1cc(OC)c(OC)c(S(=O)(=O)NC[C@@H]2CSCCS2)c1. The van der Waals surface area contributed by atoms with Crippen LogP contribution < -0.4 is 14.2 Å². The minimum atomic E-state index is -3.83. The van der Waals surface area contributed by atoms with Gasteiger partial charge in [0.1, 0.15) is 4.90 Å². The molecule has 2 rings (SSSR count). The molecule has 1 aliphatic rings. The molecule has 0 radical (unpaired) electrons. The monoisotopic (exact) mass is 433 g/mol. The van der Waals surface area contributed by atoms with Crippen LogP contribution in [-0.2, 0) is 19.6 Å². The zero-order chi connectivity index (χ0) is 19.9. The summed E-state index contributed by atoms with van der Waals surface area (Å²) in [5.41, 5.74) is 0.473. The molecular weight excluding hydrogens is 410 g/mol. The predicted octanol–water partition coefficient (Wildman–Crippen LogP) is 2.02. The maximum absolute atomic E-state index is 12.9. The summed E-state index contributed by atoms with van der Waals surface area (Å²) < 4.78 is 43.5. The normalized spacial score (nSPS) is 17.7. The lowest BCUT2D eigenvalue weighted by Gasteiger charge is -2.21. The largest absolute Gasteiger partial charge is 0.493 e. The zero-order valence-electron chi connectivity index (χ0n) is 15.4. The van der Waals surface area contributed by atoms with Gasteiger partial charge in [0.2, 0.25) is 10.0 Å². The number of esters is 1. The number of methoxy groups -OCH3 is 3. The first-order chi connectivity index (χ1) is 12.9. The third-order valence-corrected chi connectivity index (χ3v) is 8.03. The Morgan fingerprint density at radius 3 is 2.63 bits per heavy atom. The lowest BCUT2D eigenvalue weighted by molar-refractivity contribution is -0.134. The number of thioether (sulfide) groups is 2. The number of carbonyl (C=O) groups is 1. The molecule has 1 aliphatic heterocycles. The Kier molecular flexibility index (Phi) is 8.33. The van der Waals surface area contributed by atoms with Crippen LogP contribution in [0, 0.1) is 0 Å². The van der Waals surface area contributed by atoms with Crippen LogP contribution in [0.5, 0.6) is 11.5 Å². The van der Waals surface area contributed by atoms with Crippen LogP contribution in [0.15, 0.2) is 23.1 Å². The van der Waals surface area contributed by atoms with Gasteiger partial charge in [0.05, 0.1) is 21.3 Å². The number of rotatable bonds is 8. The average molecular weight is 434 g/mol. The molecular formula is C17H23NO6S3. The van der Waals surface area contributed by atoms with Gasteiger partial charge in [-0.3, -0.25) is 0 Å². The second kappa shape index (κ2) is 10.3. The van der Waals surface area contributed by atoms with Gasteiger partial charge < -0.3 is 14.2 Å². The minimum absolute atomic E-state index is 0.0395. The van der Waals surface area contributed by atoms with E-state index in [1.807, 2.05) is 11.8 Å². The molecule has 0 aromatic heterocycles. The van der Waals surface area contributed by atoms with E-state index in [0.29, 0.717) is 12.1 Å². The van der Waals surface area contributed by atoms with Gasteiger partial charge in [-0.15, -0.1) is 0 Å². The standard InChI is InChI=1S/C17H23NO6S3/c1-22-14-8-12(4-5-16(19)23-2)9-15(17(14)24-3)27(20,21)18-10-13-11-25-6-7-26-13/h4-5,8-9,13,18H,6-7,10-11H2,1-3H3/b5-4+/t13-/m1/s1. The molecule has 1 aromatic carbocycles. The summed E-state index contributed by atoms with van der Waals surface area (Å²) in [4.78, 5) is 11.3. The molecule has 1 fully saturated rings. The third-order valence-electron chi connectivity index (χ3n) is 3.76. The number of ether oxygens (including phenoxy) is 3. The Bertz CT molecular complexity index is 788. The maximum atomic E-state index is 12.9. The van der Waals surface area contributed by atoms with Crippen molar-refractivity contribution in [3.05, 3.63) is 23.8 Å². The Morgan fingerprint density at radius 1 is 1.26 bits per heavy atom. The van der Waals surface area contributed by atoms with Crippen molar-refractivity contribution in [2.75, 3.05) is 45.1 Å². The topological polar surface area (TPSA) is 90.9 Å². The first kappa shape index (κ1) is 21.9. The molecule has 10 heteroatoms. The molecule has 1 heterocycles. The summed E-state index contributed by atoms with van der Waals surface area (Å²) >= 11 is 3.59. The number of nitrogens with one attached hydrogen (secondary N) is 1. The van der Waals surface area contributed by atoms with E-state index in [1.165, 1.54) is 39.5 Å². The van der Waals surface area contributed by atoms with E-state index < -0.39 is 16.0 Å². The molecule has 0 spiro atoms. The molecule has 0 unspecified atom stereocenters. The molecule has 0 bridgehead atoms. The van der Waals surface area contributed by atoms with Crippen molar-refractivity contribution in [2.24, 2.45) is 0 Å². The summed E-state index contributed by atoms with van der Waals surface area (Å²) in [6, 6.07) is 3.02. The van der Waals surface area contributed by atoms with Gasteiger partial charge in [-0.05, 0) is 23.8 Å². The van der Waals surface area contributed by atoms with Gasteiger partial charge in [-0.25, -0.2) is 17.9 Å². The Morgan fingerprint density at radius 2 is 2.04 bits per heavy atom. The predicted molar refractivity (Wildman–Crippen MR) is 109 cm³/mol. The Labute approximate surface area is 168 Å².